The first-order valence-electron chi connectivity index (χ1n) is 4.81. The van der Waals surface area contributed by atoms with Crippen molar-refractivity contribution >= 4 is 33.2 Å². The summed E-state index contributed by atoms with van der Waals surface area (Å²) < 4.78 is 26.0. The van der Waals surface area contributed by atoms with Crippen LogP contribution in [0.15, 0.2) is 29.2 Å². The molecule has 0 heterocycles. The smallest absolute Gasteiger partial charge is 0.211 e. The van der Waals surface area contributed by atoms with Gasteiger partial charge in [-0.05, 0) is 31.5 Å². The Morgan fingerprint density at radius 3 is 2.69 bits per heavy atom. The van der Waals surface area contributed by atoms with Crippen LogP contribution in [0.4, 0.5) is 0 Å². The third-order valence-corrected chi connectivity index (χ3v) is 3.85. The Morgan fingerprint density at radius 2 is 2.12 bits per heavy atom. The zero-order valence-electron chi connectivity index (χ0n) is 8.78. The van der Waals surface area contributed by atoms with Gasteiger partial charge in [-0.2, -0.15) is 0 Å². The van der Waals surface area contributed by atoms with Crippen molar-refractivity contribution in [3.8, 4) is 0 Å². The summed E-state index contributed by atoms with van der Waals surface area (Å²) in [5, 5.41) is 0.343. The molecule has 90 valence electrons. The molecule has 1 aromatic rings. The zero-order chi connectivity index (χ0) is 12.2. The van der Waals surface area contributed by atoms with Crippen molar-refractivity contribution in [3.05, 3.63) is 29.3 Å². The van der Waals surface area contributed by atoms with Crippen LogP contribution in [0.1, 0.15) is 13.3 Å². The zero-order valence-corrected chi connectivity index (χ0v) is 11.1. The molecule has 0 fully saturated rings. The molecule has 1 atom stereocenters. The van der Waals surface area contributed by atoms with Crippen molar-refractivity contribution < 1.29 is 8.42 Å². The van der Waals surface area contributed by atoms with Crippen molar-refractivity contribution in [2.45, 2.75) is 23.6 Å². The summed E-state index contributed by atoms with van der Waals surface area (Å²) in [6.07, 6.45) is 0.585. The molecule has 0 bridgehead atoms. The number of alkyl halides is 1. The Balaban J connectivity index is 2.71. The highest BCUT2D eigenvalue weighted by Gasteiger charge is 2.13. The van der Waals surface area contributed by atoms with Gasteiger partial charge in [0.25, 0.3) is 0 Å². The summed E-state index contributed by atoms with van der Waals surface area (Å²) in [4.78, 5) is 0.169. The number of sulfonamides is 1. The van der Waals surface area contributed by atoms with Gasteiger partial charge in [-0.25, -0.2) is 13.1 Å². The molecule has 1 unspecified atom stereocenters. The molecule has 1 N–H and O–H groups in total. The lowest BCUT2D eigenvalue weighted by Gasteiger charge is -2.07. The van der Waals surface area contributed by atoms with Gasteiger partial charge in [-0.1, -0.05) is 17.7 Å². The van der Waals surface area contributed by atoms with E-state index in [1.54, 1.807) is 12.1 Å². The first-order valence-corrected chi connectivity index (χ1v) is 7.11. The summed E-state index contributed by atoms with van der Waals surface area (Å²) in [5.41, 5.74) is 0. The van der Waals surface area contributed by atoms with E-state index in [0.29, 0.717) is 18.0 Å². The number of hydrogen-bond acceptors (Lipinski definition) is 2. The van der Waals surface area contributed by atoms with E-state index in [2.05, 4.69) is 4.72 Å². The summed E-state index contributed by atoms with van der Waals surface area (Å²) in [6, 6.07) is 6.13. The van der Waals surface area contributed by atoms with E-state index in [-0.39, 0.29) is 10.3 Å². The van der Waals surface area contributed by atoms with E-state index in [1.807, 2.05) is 6.92 Å². The van der Waals surface area contributed by atoms with Crippen LogP contribution < -0.4 is 4.72 Å². The second kappa shape index (κ2) is 5.87. The van der Waals surface area contributed by atoms with Gasteiger partial charge >= 0.3 is 0 Å². The second-order valence-electron chi connectivity index (χ2n) is 3.42. The molecule has 0 aliphatic rings. The van der Waals surface area contributed by atoms with Crippen molar-refractivity contribution in [1.29, 1.82) is 0 Å². The van der Waals surface area contributed by atoms with Crippen LogP contribution in [-0.4, -0.2) is 20.3 Å². The maximum Gasteiger partial charge on any atom is 0.240 e. The summed E-state index contributed by atoms with van der Waals surface area (Å²) >= 11 is 11.4. The molecule has 1 aromatic carbocycles. The molecule has 0 saturated heterocycles. The van der Waals surface area contributed by atoms with E-state index in [4.69, 9.17) is 23.2 Å². The van der Waals surface area contributed by atoms with Crippen LogP contribution >= 0.6 is 23.2 Å². The Kier molecular flexibility index (Phi) is 5.05. The molecule has 0 aromatic heterocycles. The second-order valence-corrected chi connectivity index (χ2v) is 6.37. The van der Waals surface area contributed by atoms with Gasteiger partial charge < -0.3 is 0 Å². The van der Waals surface area contributed by atoms with Crippen molar-refractivity contribution in [3.63, 3.8) is 0 Å². The number of nitrogens with one attached hydrogen (secondary N) is 1. The quantitative estimate of drug-likeness (QED) is 0.844. The Labute approximate surface area is 106 Å². The average molecular weight is 282 g/mol. The predicted molar refractivity (Wildman–Crippen MR) is 66.6 cm³/mol. The van der Waals surface area contributed by atoms with Gasteiger partial charge in [-0.3, -0.25) is 0 Å². The van der Waals surface area contributed by atoms with Crippen LogP contribution in [0.25, 0.3) is 0 Å². The van der Waals surface area contributed by atoms with Gasteiger partial charge in [0.05, 0.1) is 4.90 Å². The van der Waals surface area contributed by atoms with E-state index < -0.39 is 10.0 Å². The molecule has 1 rings (SSSR count). The normalized spacial score (nSPS) is 13.7. The van der Waals surface area contributed by atoms with E-state index in [1.165, 1.54) is 12.1 Å². The third kappa shape index (κ3) is 4.29. The van der Waals surface area contributed by atoms with Crippen LogP contribution in [0.3, 0.4) is 0 Å². The number of rotatable bonds is 5. The first-order chi connectivity index (χ1) is 7.42. The van der Waals surface area contributed by atoms with E-state index in [9.17, 15) is 8.42 Å². The summed E-state index contributed by atoms with van der Waals surface area (Å²) in [7, 11) is -3.47. The fraction of sp³-hybridized carbons (Fsp3) is 0.400. The molecular formula is C10H13Cl2NO2S. The maximum absolute atomic E-state index is 11.8. The molecule has 6 heteroatoms. The summed E-state index contributed by atoms with van der Waals surface area (Å²) in [6.45, 7) is 2.13. The van der Waals surface area contributed by atoms with Gasteiger partial charge in [0.1, 0.15) is 0 Å². The average Bonchev–Trinajstić information content (AvgIpc) is 2.16. The number of hydrogen-bond donors (Lipinski definition) is 1. The minimum Gasteiger partial charge on any atom is -0.211 e. The van der Waals surface area contributed by atoms with Crippen LogP contribution in [0.2, 0.25) is 5.02 Å². The van der Waals surface area contributed by atoms with Gasteiger partial charge in [0.2, 0.25) is 10.0 Å². The Bertz CT molecular complexity index is 446. The number of benzene rings is 1. The molecule has 0 radical (unpaired) electrons. The van der Waals surface area contributed by atoms with Gasteiger partial charge in [-0.15, -0.1) is 11.6 Å². The monoisotopic (exact) mass is 281 g/mol. The maximum atomic E-state index is 11.8. The predicted octanol–water partition coefficient (Wildman–Crippen LogP) is 2.64. The van der Waals surface area contributed by atoms with Crippen LogP contribution in [0.5, 0.6) is 0 Å². The molecule has 0 spiro atoms. The number of halogens is 2. The highest BCUT2D eigenvalue weighted by Crippen LogP contribution is 2.15. The van der Waals surface area contributed by atoms with Gasteiger partial charge in [0.15, 0.2) is 0 Å². The Morgan fingerprint density at radius 1 is 1.44 bits per heavy atom. The minimum absolute atomic E-state index is 0.0536. The molecule has 3 nitrogen and oxygen atoms in total. The molecule has 16 heavy (non-hydrogen) atoms. The fourth-order valence-corrected chi connectivity index (χ4v) is 2.57. The van der Waals surface area contributed by atoms with E-state index in [0.717, 1.165) is 0 Å². The topological polar surface area (TPSA) is 46.2 Å². The minimum atomic E-state index is -3.47. The van der Waals surface area contributed by atoms with Crippen molar-refractivity contribution in [2.75, 3.05) is 6.54 Å². The van der Waals surface area contributed by atoms with Crippen molar-refractivity contribution in [2.24, 2.45) is 0 Å². The molecule has 0 amide bonds. The molecule has 0 saturated carbocycles. The van der Waals surface area contributed by atoms with Crippen molar-refractivity contribution in [1.82, 2.24) is 4.72 Å². The molecular weight excluding hydrogens is 269 g/mol. The lowest BCUT2D eigenvalue weighted by Crippen LogP contribution is -2.25. The van der Waals surface area contributed by atoms with Gasteiger partial charge in [0, 0.05) is 16.9 Å². The first kappa shape index (κ1) is 13.8. The van der Waals surface area contributed by atoms with Crippen LogP contribution in [-0.2, 0) is 10.0 Å². The lowest BCUT2D eigenvalue weighted by molar-refractivity contribution is 0.579. The Hall–Kier alpha value is -0.290. The summed E-state index contributed by atoms with van der Waals surface area (Å²) in [5.74, 6) is 0. The fourth-order valence-electron chi connectivity index (χ4n) is 1.11. The highest BCUT2D eigenvalue weighted by atomic mass is 35.5. The lowest BCUT2D eigenvalue weighted by atomic mass is 10.3. The highest BCUT2D eigenvalue weighted by molar-refractivity contribution is 7.89. The standard InChI is InChI=1S/C10H13Cl2NO2S/c1-8(11)5-6-13-16(14,15)10-4-2-3-9(12)7-10/h2-4,7-8,13H,5-6H2,1H3. The largest absolute Gasteiger partial charge is 0.240 e. The third-order valence-electron chi connectivity index (χ3n) is 1.94. The molecule has 0 aliphatic heterocycles. The SMILES string of the molecule is CC(Cl)CCNS(=O)(=O)c1cccc(Cl)c1. The molecule has 0 aliphatic carbocycles. The van der Waals surface area contributed by atoms with Crippen LogP contribution in [0, 0.1) is 0 Å². The van der Waals surface area contributed by atoms with E-state index >= 15 is 0 Å².